The smallest absolute Gasteiger partial charge is 0.248 e. The van der Waals surface area contributed by atoms with Crippen molar-refractivity contribution in [1.29, 1.82) is 0 Å². The molecule has 0 aliphatic heterocycles. The predicted octanol–water partition coefficient (Wildman–Crippen LogP) is 2.53. The first-order valence-corrected chi connectivity index (χ1v) is 14.1. The van der Waals surface area contributed by atoms with Gasteiger partial charge in [0.15, 0.2) is 0 Å². The van der Waals surface area contributed by atoms with Crippen LogP contribution in [0.5, 0.6) is 0 Å². The Balaban J connectivity index is 3.04. The lowest BCUT2D eigenvalue weighted by Crippen LogP contribution is -2.31. The van der Waals surface area contributed by atoms with Crippen molar-refractivity contribution < 1.29 is 38.1 Å². The number of carbonyl (C=O) groups excluding carboxylic acids is 1. The first-order valence-electron chi connectivity index (χ1n) is 13.5. The van der Waals surface area contributed by atoms with E-state index in [0.29, 0.717) is 79.2 Å². The van der Waals surface area contributed by atoms with E-state index in [2.05, 4.69) is 22.8 Å². The molecule has 0 heterocycles. The molecular weight excluding hydrogens is 488 g/mol. The van der Waals surface area contributed by atoms with Gasteiger partial charge in [-0.05, 0) is 18.6 Å². The number of nitrogens with one attached hydrogen (secondary N) is 1. The highest BCUT2D eigenvalue weighted by molar-refractivity contribution is 7.80. The molecule has 0 bridgehead atoms. The Morgan fingerprint density at radius 3 is 1.31 bits per heavy atom. The standard InChI is InChI=1S/C25H52N2O8S/c26-35-24-25(28)27-10-12-30-14-16-32-18-20-34-22-21-33-19-17-31-15-13-29-11-8-6-4-2-1-3-5-7-9-23-36/h36H,1-24,26H2,(H,27,28). The topological polar surface area (TPSA) is 120 Å². The molecule has 0 radical (unpaired) electrons. The van der Waals surface area contributed by atoms with Crippen molar-refractivity contribution in [1.82, 2.24) is 5.32 Å². The molecule has 0 rings (SSSR count). The fraction of sp³-hybridized carbons (Fsp3) is 0.960. The van der Waals surface area contributed by atoms with Crippen LogP contribution < -0.4 is 11.2 Å². The maximum Gasteiger partial charge on any atom is 0.248 e. The molecule has 0 aromatic rings. The lowest BCUT2D eigenvalue weighted by Gasteiger charge is -2.08. The highest BCUT2D eigenvalue weighted by Crippen LogP contribution is 2.10. The number of hydrogen-bond donors (Lipinski definition) is 3. The normalized spacial score (nSPS) is 11.3. The molecule has 10 nitrogen and oxygen atoms in total. The average Bonchev–Trinajstić information content (AvgIpc) is 2.88. The van der Waals surface area contributed by atoms with Crippen LogP contribution in [-0.4, -0.2) is 104 Å². The number of hydrogen-bond acceptors (Lipinski definition) is 10. The first-order chi connectivity index (χ1) is 17.8. The van der Waals surface area contributed by atoms with Gasteiger partial charge in [-0.1, -0.05) is 44.9 Å². The van der Waals surface area contributed by atoms with Crippen LogP contribution in [0.3, 0.4) is 0 Å². The Hall–Kier alpha value is -0.500. The van der Waals surface area contributed by atoms with Gasteiger partial charge in [0.2, 0.25) is 5.91 Å². The number of amides is 1. The molecule has 0 aromatic carbocycles. The third-order valence-corrected chi connectivity index (χ3v) is 5.41. The van der Waals surface area contributed by atoms with E-state index in [1.165, 1.54) is 51.4 Å². The number of ether oxygens (including phenoxy) is 6. The van der Waals surface area contributed by atoms with Crippen molar-refractivity contribution in [2.75, 3.05) is 98.2 Å². The average molecular weight is 541 g/mol. The summed E-state index contributed by atoms with van der Waals surface area (Å²) in [5, 5.41) is 2.60. The lowest BCUT2D eigenvalue weighted by atomic mass is 10.1. The van der Waals surface area contributed by atoms with E-state index in [4.69, 9.17) is 34.3 Å². The molecule has 3 N–H and O–H groups in total. The monoisotopic (exact) mass is 540 g/mol. The van der Waals surface area contributed by atoms with Gasteiger partial charge in [-0.15, -0.1) is 0 Å². The van der Waals surface area contributed by atoms with E-state index in [0.717, 1.165) is 18.8 Å². The minimum atomic E-state index is -0.274. The summed E-state index contributed by atoms with van der Waals surface area (Å²) in [6.07, 6.45) is 11.7. The van der Waals surface area contributed by atoms with Crippen LogP contribution >= 0.6 is 12.6 Å². The van der Waals surface area contributed by atoms with Crippen LogP contribution in [0, 0.1) is 0 Å². The van der Waals surface area contributed by atoms with E-state index in [9.17, 15) is 4.79 Å². The van der Waals surface area contributed by atoms with Crippen LogP contribution in [-0.2, 0) is 38.1 Å². The first kappa shape index (κ1) is 35.5. The maximum atomic E-state index is 11.1. The molecule has 0 aromatic heterocycles. The van der Waals surface area contributed by atoms with Crippen molar-refractivity contribution in [3.8, 4) is 0 Å². The third-order valence-electron chi connectivity index (χ3n) is 5.09. The molecule has 0 aliphatic rings. The molecule has 0 aliphatic carbocycles. The minimum absolute atomic E-state index is 0.157. The van der Waals surface area contributed by atoms with E-state index in [-0.39, 0.29) is 12.5 Å². The minimum Gasteiger partial charge on any atom is -0.379 e. The second-order valence-electron chi connectivity index (χ2n) is 8.24. The van der Waals surface area contributed by atoms with Gasteiger partial charge < -0.3 is 33.7 Å². The summed E-state index contributed by atoms with van der Waals surface area (Å²) in [6.45, 7) is 6.79. The summed E-state index contributed by atoms with van der Waals surface area (Å²) >= 11 is 4.24. The second-order valence-corrected chi connectivity index (χ2v) is 8.69. The molecule has 0 saturated heterocycles. The van der Waals surface area contributed by atoms with Gasteiger partial charge in [-0.25, -0.2) is 5.90 Å². The van der Waals surface area contributed by atoms with Gasteiger partial charge in [0.25, 0.3) is 0 Å². The van der Waals surface area contributed by atoms with Crippen LogP contribution in [0.15, 0.2) is 0 Å². The van der Waals surface area contributed by atoms with Gasteiger partial charge in [0.1, 0.15) is 6.61 Å². The fourth-order valence-electron chi connectivity index (χ4n) is 3.14. The van der Waals surface area contributed by atoms with E-state index in [1.54, 1.807) is 0 Å². The Kier molecular flexibility index (Phi) is 32.1. The zero-order chi connectivity index (χ0) is 26.2. The van der Waals surface area contributed by atoms with E-state index < -0.39 is 0 Å². The summed E-state index contributed by atoms with van der Waals surface area (Å²) in [7, 11) is 0. The van der Waals surface area contributed by atoms with Gasteiger partial charge in [0, 0.05) is 13.2 Å². The summed E-state index contributed by atoms with van der Waals surface area (Å²) in [5.74, 6) is 5.54. The molecule has 216 valence electrons. The van der Waals surface area contributed by atoms with Crippen molar-refractivity contribution in [2.24, 2.45) is 5.90 Å². The van der Waals surface area contributed by atoms with Gasteiger partial charge in [-0.2, -0.15) is 12.6 Å². The Labute approximate surface area is 223 Å². The summed E-state index contributed by atoms with van der Waals surface area (Å²) < 4.78 is 32.7. The van der Waals surface area contributed by atoms with Crippen LogP contribution in [0.25, 0.3) is 0 Å². The lowest BCUT2D eigenvalue weighted by molar-refractivity contribution is -0.126. The second kappa shape index (κ2) is 32.5. The summed E-state index contributed by atoms with van der Waals surface area (Å²) in [4.78, 5) is 15.3. The van der Waals surface area contributed by atoms with Crippen LogP contribution in [0.4, 0.5) is 0 Å². The molecule has 1 amide bonds. The molecule has 0 saturated carbocycles. The Morgan fingerprint density at radius 1 is 0.528 bits per heavy atom. The highest BCUT2D eigenvalue weighted by atomic mass is 32.1. The third kappa shape index (κ3) is 31.5. The molecule has 0 spiro atoms. The molecular formula is C25H52N2O8S. The van der Waals surface area contributed by atoms with Crippen molar-refractivity contribution in [2.45, 2.75) is 57.8 Å². The van der Waals surface area contributed by atoms with Crippen LogP contribution in [0.2, 0.25) is 0 Å². The van der Waals surface area contributed by atoms with Crippen LogP contribution in [0.1, 0.15) is 57.8 Å². The van der Waals surface area contributed by atoms with Crippen molar-refractivity contribution in [3.63, 3.8) is 0 Å². The number of nitrogens with two attached hydrogens (primary N) is 1. The summed E-state index contributed by atoms with van der Waals surface area (Å²) in [6, 6.07) is 0. The largest absolute Gasteiger partial charge is 0.379 e. The van der Waals surface area contributed by atoms with E-state index in [1.807, 2.05) is 0 Å². The maximum absolute atomic E-state index is 11.1. The quantitative estimate of drug-likeness (QED) is 0.0692. The molecule has 11 heteroatoms. The van der Waals surface area contributed by atoms with E-state index >= 15 is 0 Å². The Morgan fingerprint density at radius 2 is 0.889 bits per heavy atom. The number of thiol groups is 1. The molecule has 0 atom stereocenters. The number of rotatable bonds is 31. The molecule has 36 heavy (non-hydrogen) atoms. The van der Waals surface area contributed by atoms with Gasteiger partial charge in [-0.3, -0.25) is 9.63 Å². The Bertz CT molecular complexity index is 439. The number of carbonyl (C=O) groups is 1. The molecule has 0 fully saturated rings. The number of unbranched alkanes of at least 4 members (excludes halogenated alkanes) is 8. The van der Waals surface area contributed by atoms with Crippen molar-refractivity contribution in [3.05, 3.63) is 0 Å². The molecule has 0 unspecified atom stereocenters. The highest BCUT2D eigenvalue weighted by Gasteiger charge is 1.99. The van der Waals surface area contributed by atoms with Crippen molar-refractivity contribution >= 4 is 18.5 Å². The van der Waals surface area contributed by atoms with Gasteiger partial charge in [0.05, 0.1) is 72.7 Å². The zero-order valence-electron chi connectivity index (χ0n) is 22.3. The summed E-state index contributed by atoms with van der Waals surface area (Å²) in [5.41, 5.74) is 0. The SMILES string of the molecule is NOCC(=O)NCCOCCOCCOCCOCCOCCOCCCCCCCCCCCS. The van der Waals surface area contributed by atoms with Gasteiger partial charge >= 0.3 is 0 Å². The fourth-order valence-corrected chi connectivity index (χ4v) is 3.37. The predicted molar refractivity (Wildman–Crippen MR) is 143 cm³/mol. The zero-order valence-corrected chi connectivity index (χ0v) is 23.2.